The van der Waals surface area contributed by atoms with Gasteiger partial charge < -0.3 is 14.6 Å². The van der Waals surface area contributed by atoms with Crippen LogP contribution in [0.15, 0.2) is 0 Å². The van der Waals surface area contributed by atoms with E-state index >= 15 is 0 Å². The van der Waals surface area contributed by atoms with Gasteiger partial charge in [0.2, 0.25) is 0 Å². The van der Waals surface area contributed by atoms with Gasteiger partial charge in [0.15, 0.2) is 0 Å². The van der Waals surface area contributed by atoms with Gasteiger partial charge in [-0.3, -0.25) is 0 Å². The van der Waals surface area contributed by atoms with Gasteiger partial charge >= 0.3 is 0 Å². The number of hydrogen-bond acceptors (Lipinski definition) is 3. The summed E-state index contributed by atoms with van der Waals surface area (Å²) in [7, 11) is 0. The third-order valence-corrected chi connectivity index (χ3v) is 2.03. The molecule has 0 amide bonds. The third-order valence-electron chi connectivity index (χ3n) is 2.03. The first-order valence-corrected chi connectivity index (χ1v) is 4.72. The minimum atomic E-state index is -0.431. The minimum Gasteiger partial charge on any atom is -0.388 e. The summed E-state index contributed by atoms with van der Waals surface area (Å²) in [6.07, 6.45) is 2.62. The predicted octanol–water partition coefficient (Wildman–Crippen LogP) is 0.953. The molecule has 2 atom stereocenters. The highest BCUT2D eigenvalue weighted by Crippen LogP contribution is 2.15. The van der Waals surface area contributed by atoms with Crippen LogP contribution in [-0.4, -0.2) is 37.1 Å². The molecule has 2 unspecified atom stereocenters. The average molecular weight is 174 g/mol. The van der Waals surface area contributed by atoms with Crippen molar-refractivity contribution in [2.75, 3.05) is 19.8 Å². The van der Waals surface area contributed by atoms with Crippen LogP contribution in [0, 0.1) is 0 Å². The van der Waals surface area contributed by atoms with E-state index in [1.54, 1.807) is 0 Å². The first kappa shape index (κ1) is 9.96. The van der Waals surface area contributed by atoms with Gasteiger partial charge in [-0.1, -0.05) is 6.92 Å². The second kappa shape index (κ2) is 5.51. The standard InChI is InChI=1S/C9H18O3/c1-2-5-11-7-8(10)9-4-3-6-12-9/h8-10H,2-7H2,1H3. The summed E-state index contributed by atoms with van der Waals surface area (Å²) >= 11 is 0. The van der Waals surface area contributed by atoms with Crippen molar-refractivity contribution < 1.29 is 14.6 Å². The zero-order valence-electron chi connectivity index (χ0n) is 7.66. The molecule has 1 aliphatic rings. The Kier molecular flexibility index (Phi) is 4.58. The van der Waals surface area contributed by atoms with E-state index in [-0.39, 0.29) is 6.10 Å². The molecule has 0 aromatic carbocycles. The molecule has 1 heterocycles. The quantitative estimate of drug-likeness (QED) is 0.631. The zero-order valence-corrected chi connectivity index (χ0v) is 7.66. The summed E-state index contributed by atoms with van der Waals surface area (Å²) in [5, 5.41) is 9.53. The maximum atomic E-state index is 9.53. The maximum Gasteiger partial charge on any atom is 0.103 e. The van der Waals surface area contributed by atoms with Crippen LogP contribution in [0.5, 0.6) is 0 Å². The fourth-order valence-electron chi connectivity index (χ4n) is 1.36. The number of aliphatic hydroxyl groups excluding tert-OH is 1. The molecule has 0 bridgehead atoms. The maximum absolute atomic E-state index is 9.53. The van der Waals surface area contributed by atoms with Crippen LogP contribution in [0.2, 0.25) is 0 Å². The first-order chi connectivity index (χ1) is 5.84. The Morgan fingerprint density at radius 1 is 1.67 bits per heavy atom. The molecule has 1 N–H and O–H groups in total. The van der Waals surface area contributed by atoms with E-state index in [0.29, 0.717) is 6.61 Å². The van der Waals surface area contributed by atoms with Crippen LogP contribution in [0.4, 0.5) is 0 Å². The molecule has 12 heavy (non-hydrogen) atoms. The van der Waals surface area contributed by atoms with Crippen molar-refractivity contribution in [3.05, 3.63) is 0 Å². The van der Waals surface area contributed by atoms with Gasteiger partial charge in [-0.15, -0.1) is 0 Å². The average Bonchev–Trinajstić information content (AvgIpc) is 2.56. The lowest BCUT2D eigenvalue weighted by molar-refractivity contribution is -0.0478. The number of ether oxygens (including phenoxy) is 2. The molecule has 3 heteroatoms. The van der Waals surface area contributed by atoms with Crippen molar-refractivity contribution in [3.63, 3.8) is 0 Å². The molecule has 1 saturated heterocycles. The largest absolute Gasteiger partial charge is 0.388 e. The Morgan fingerprint density at radius 3 is 3.08 bits per heavy atom. The monoisotopic (exact) mass is 174 g/mol. The van der Waals surface area contributed by atoms with E-state index in [2.05, 4.69) is 6.92 Å². The molecule has 1 aliphatic heterocycles. The van der Waals surface area contributed by atoms with Crippen LogP contribution >= 0.6 is 0 Å². The fraction of sp³-hybridized carbons (Fsp3) is 1.00. The summed E-state index contributed by atoms with van der Waals surface area (Å²) in [4.78, 5) is 0. The van der Waals surface area contributed by atoms with Gasteiger partial charge in [-0.05, 0) is 19.3 Å². The topological polar surface area (TPSA) is 38.7 Å². The lowest BCUT2D eigenvalue weighted by Crippen LogP contribution is -2.29. The molecule has 0 aromatic rings. The van der Waals surface area contributed by atoms with E-state index in [1.807, 2.05) is 0 Å². The summed E-state index contributed by atoms with van der Waals surface area (Å²) in [6.45, 7) is 3.98. The molecule has 1 rings (SSSR count). The summed E-state index contributed by atoms with van der Waals surface area (Å²) in [6, 6.07) is 0. The summed E-state index contributed by atoms with van der Waals surface area (Å²) < 4.78 is 10.5. The van der Waals surface area contributed by atoms with Crippen LogP contribution < -0.4 is 0 Å². The van der Waals surface area contributed by atoms with E-state index < -0.39 is 6.10 Å². The Labute approximate surface area is 73.7 Å². The highest BCUT2D eigenvalue weighted by molar-refractivity contribution is 4.72. The van der Waals surface area contributed by atoms with Crippen molar-refractivity contribution >= 4 is 0 Å². The molecule has 0 aromatic heterocycles. The number of rotatable bonds is 5. The normalized spacial score (nSPS) is 26.0. The SMILES string of the molecule is CCCOCC(O)C1CCCO1. The second-order valence-electron chi connectivity index (χ2n) is 3.19. The van der Waals surface area contributed by atoms with E-state index in [1.165, 1.54) is 0 Å². The molecule has 0 radical (unpaired) electrons. The Hall–Kier alpha value is -0.120. The van der Waals surface area contributed by atoms with Gasteiger partial charge in [0.05, 0.1) is 12.7 Å². The summed E-state index contributed by atoms with van der Waals surface area (Å²) in [5.74, 6) is 0. The van der Waals surface area contributed by atoms with Gasteiger partial charge in [-0.2, -0.15) is 0 Å². The van der Waals surface area contributed by atoms with Gasteiger partial charge in [0.25, 0.3) is 0 Å². The van der Waals surface area contributed by atoms with Crippen LogP contribution in [0.25, 0.3) is 0 Å². The number of hydrogen-bond donors (Lipinski definition) is 1. The van der Waals surface area contributed by atoms with Crippen LogP contribution in [-0.2, 0) is 9.47 Å². The number of aliphatic hydroxyl groups is 1. The van der Waals surface area contributed by atoms with Crippen molar-refractivity contribution in [3.8, 4) is 0 Å². The van der Waals surface area contributed by atoms with Crippen LogP contribution in [0.3, 0.4) is 0 Å². The highest BCUT2D eigenvalue weighted by atomic mass is 16.5. The molecule has 0 saturated carbocycles. The summed E-state index contributed by atoms with van der Waals surface area (Å²) in [5.41, 5.74) is 0. The first-order valence-electron chi connectivity index (χ1n) is 4.72. The Bertz CT molecular complexity index is 110. The molecular weight excluding hydrogens is 156 g/mol. The van der Waals surface area contributed by atoms with Crippen molar-refractivity contribution in [2.24, 2.45) is 0 Å². The van der Waals surface area contributed by atoms with Crippen molar-refractivity contribution in [1.29, 1.82) is 0 Å². The van der Waals surface area contributed by atoms with Gasteiger partial charge in [-0.25, -0.2) is 0 Å². The molecule has 1 fully saturated rings. The molecule has 0 spiro atoms. The molecular formula is C9H18O3. The predicted molar refractivity (Wildman–Crippen MR) is 46.1 cm³/mol. The van der Waals surface area contributed by atoms with Crippen LogP contribution in [0.1, 0.15) is 26.2 Å². The minimum absolute atomic E-state index is 0.0156. The van der Waals surface area contributed by atoms with Crippen molar-refractivity contribution in [1.82, 2.24) is 0 Å². The Morgan fingerprint density at radius 2 is 2.50 bits per heavy atom. The van der Waals surface area contributed by atoms with E-state index in [4.69, 9.17) is 9.47 Å². The van der Waals surface area contributed by atoms with Gasteiger partial charge in [0.1, 0.15) is 6.10 Å². The lowest BCUT2D eigenvalue weighted by atomic mass is 10.1. The van der Waals surface area contributed by atoms with Gasteiger partial charge in [0, 0.05) is 13.2 Å². The molecule has 72 valence electrons. The van der Waals surface area contributed by atoms with E-state index in [0.717, 1.165) is 32.5 Å². The lowest BCUT2D eigenvalue weighted by Gasteiger charge is -2.16. The highest BCUT2D eigenvalue weighted by Gasteiger charge is 2.23. The Balaban J connectivity index is 2.05. The van der Waals surface area contributed by atoms with E-state index in [9.17, 15) is 5.11 Å². The molecule has 0 aliphatic carbocycles. The smallest absolute Gasteiger partial charge is 0.103 e. The molecule has 3 nitrogen and oxygen atoms in total. The third kappa shape index (κ3) is 3.09. The second-order valence-corrected chi connectivity index (χ2v) is 3.19. The fourth-order valence-corrected chi connectivity index (χ4v) is 1.36. The van der Waals surface area contributed by atoms with Crippen molar-refractivity contribution in [2.45, 2.75) is 38.4 Å². The zero-order chi connectivity index (χ0) is 8.81.